The molecule has 0 bridgehead atoms. The third kappa shape index (κ3) is 4.46. The molecule has 9 nitrogen and oxygen atoms in total. The van der Waals surface area contributed by atoms with E-state index >= 15 is 0 Å². The first-order valence-electron chi connectivity index (χ1n) is 9.99. The van der Waals surface area contributed by atoms with Gasteiger partial charge in [0.15, 0.2) is 4.75 Å². The zero-order valence-corrected chi connectivity index (χ0v) is 17.5. The summed E-state index contributed by atoms with van der Waals surface area (Å²) in [7, 11) is -3.94. The van der Waals surface area contributed by atoms with Gasteiger partial charge in [0.2, 0.25) is 10.0 Å². The minimum atomic E-state index is -3.94. The predicted molar refractivity (Wildman–Crippen MR) is 105 cm³/mol. The van der Waals surface area contributed by atoms with E-state index in [1.54, 1.807) is 11.7 Å². The van der Waals surface area contributed by atoms with Crippen LogP contribution in [0.1, 0.15) is 49.8 Å². The van der Waals surface area contributed by atoms with Gasteiger partial charge in [-0.25, -0.2) is 18.2 Å². The number of rotatable bonds is 7. The zero-order valence-electron chi connectivity index (χ0n) is 16.7. The lowest BCUT2D eigenvalue weighted by molar-refractivity contribution is -0.134. The Labute approximate surface area is 171 Å². The first kappa shape index (κ1) is 22.1. The Bertz CT molecular complexity index is 785. The molecule has 29 heavy (non-hydrogen) atoms. The van der Waals surface area contributed by atoms with Crippen LogP contribution in [0.25, 0.3) is 0 Å². The van der Waals surface area contributed by atoms with E-state index in [2.05, 4.69) is 4.98 Å². The van der Waals surface area contributed by atoms with Crippen molar-refractivity contribution >= 4 is 15.9 Å². The van der Waals surface area contributed by atoms with Crippen molar-refractivity contribution in [3.05, 3.63) is 29.6 Å². The molecule has 0 atom stereocenters. The van der Waals surface area contributed by atoms with Gasteiger partial charge in [0.25, 0.3) is 5.91 Å². The average Bonchev–Trinajstić information content (AvgIpc) is 2.78. The molecule has 1 aromatic heterocycles. The summed E-state index contributed by atoms with van der Waals surface area (Å²) < 4.78 is 37.0. The van der Waals surface area contributed by atoms with E-state index in [9.17, 15) is 13.2 Å². The molecule has 0 aliphatic carbocycles. The number of piperidine rings is 1. The standard InChI is InChI=1S/C19H29N3O6S/c1-2-27-14-15-3-4-17(20-13-15)16-5-9-22(10-6-16)29(25,26)19(18(23)21-24)7-11-28-12-8-19/h3-4,13,16,24H,2,5-12,14H2,1H3,(H,21,23). The molecular weight excluding hydrogens is 398 g/mol. The molecule has 10 heteroatoms. The third-order valence-electron chi connectivity index (χ3n) is 5.84. The SMILES string of the molecule is CCOCc1ccc(C2CCN(S(=O)(=O)C3(C(=O)NO)CCOCC3)CC2)nc1. The number of amides is 1. The van der Waals surface area contributed by atoms with Crippen LogP contribution in [0.3, 0.4) is 0 Å². The molecule has 2 N–H and O–H groups in total. The fraction of sp³-hybridized carbons (Fsp3) is 0.684. The van der Waals surface area contributed by atoms with Crippen molar-refractivity contribution in [2.45, 2.75) is 49.9 Å². The molecule has 0 saturated carbocycles. The Morgan fingerprint density at radius 2 is 2.03 bits per heavy atom. The molecule has 0 unspecified atom stereocenters. The van der Waals surface area contributed by atoms with Crippen molar-refractivity contribution in [1.29, 1.82) is 0 Å². The lowest BCUT2D eigenvalue weighted by atomic mass is 9.94. The number of pyridine rings is 1. The van der Waals surface area contributed by atoms with Gasteiger partial charge in [0.1, 0.15) is 0 Å². The molecule has 1 aromatic rings. The molecular formula is C19H29N3O6S. The van der Waals surface area contributed by atoms with E-state index in [0.717, 1.165) is 11.3 Å². The number of aromatic nitrogens is 1. The summed E-state index contributed by atoms with van der Waals surface area (Å²) in [5.41, 5.74) is 3.50. The maximum Gasteiger partial charge on any atom is 0.266 e. The molecule has 2 aliphatic heterocycles. The van der Waals surface area contributed by atoms with Crippen molar-refractivity contribution in [3.63, 3.8) is 0 Å². The van der Waals surface area contributed by atoms with Gasteiger partial charge in [-0.05, 0) is 31.4 Å². The number of nitrogens with one attached hydrogen (secondary N) is 1. The second-order valence-electron chi connectivity index (χ2n) is 7.45. The molecule has 0 spiro atoms. The topological polar surface area (TPSA) is 118 Å². The van der Waals surface area contributed by atoms with Gasteiger partial charge >= 0.3 is 0 Å². The minimum absolute atomic E-state index is 0.0322. The molecule has 0 radical (unpaired) electrons. The highest BCUT2D eigenvalue weighted by molar-refractivity contribution is 7.91. The van der Waals surface area contributed by atoms with Crippen LogP contribution in [-0.2, 0) is 30.9 Å². The molecule has 2 fully saturated rings. The summed E-state index contributed by atoms with van der Waals surface area (Å²) in [6.07, 6.45) is 3.13. The predicted octanol–water partition coefficient (Wildman–Crippen LogP) is 1.18. The van der Waals surface area contributed by atoms with E-state index in [1.165, 1.54) is 4.31 Å². The van der Waals surface area contributed by atoms with Crippen LogP contribution in [-0.4, -0.2) is 66.5 Å². The Morgan fingerprint density at radius 3 is 2.59 bits per heavy atom. The lowest BCUT2D eigenvalue weighted by Gasteiger charge is -2.40. The van der Waals surface area contributed by atoms with Crippen LogP contribution in [0, 0.1) is 0 Å². The maximum absolute atomic E-state index is 13.3. The van der Waals surface area contributed by atoms with Gasteiger partial charge in [-0.15, -0.1) is 0 Å². The number of nitrogens with zero attached hydrogens (tertiary/aromatic N) is 2. The first-order chi connectivity index (χ1) is 13.9. The Kier molecular flexibility index (Phi) is 7.23. The third-order valence-corrected chi connectivity index (χ3v) is 8.47. The van der Waals surface area contributed by atoms with Crippen LogP contribution in [0.15, 0.2) is 18.3 Å². The van der Waals surface area contributed by atoms with E-state index in [1.807, 2.05) is 19.1 Å². The number of ether oxygens (including phenoxy) is 2. The van der Waals surface area contributed by atoms with Crippen LogP contribution in [0.2, 0.25) is 0 Å². The minimum Gasteiger partial charge on any atom is -0.381 e. The molecule has 2 aliphatic rings. The number of hydrogen-bond acceptors (Lipinski definition) is 7. The summed E-state index contributed by atoms with van der Waals surface area (Å²) in [4.78, 5) is 16.9. The highest BCUT2D eigenvalue weighted by Gasteiger charge is 2.54. The monoisotopic (exact) mass is 427 g/mol. The summed E-state index contributed by atoms with van der Waals surface area (Å²) in [6.45, 7) is 4.09. The number of carbonyl (C=O) groups is 1. The van der Waals surface area contributed by atoms with E-state index in [4.69, 9.17) is 14.7 Å². The maximum atomic E-state index is 13.3. The van der Waals surface area contributed by atoms with Gasteiger partial charge < -0.3 is 9.47 Å². The highest BCUT2D eigenvalue weighted by atomic mass is 32.2. The van der Waals surface area contributed by atoms with Gasteiger partial charge in [-0.2, -0.15) is 0 Å². The Balaban J connectivity index is 1.68. The number of hydroxylamine groups is 1. The first-order valence-corrected chi connectivity index (χ1v) is 11.4. The smallest absolute Gasteiger partial charge is 0.266 e. The quantitative estimate of drug-likeness (QED) is 0.495. The molecule has 162 valence electrons. The summed E-state index contributed by atoms with van der Waals surface area (Å²) >= 11 is 0. The van der Waals surface area contributed by atoms with Crippen molar-refractivity contribution in [1.82, 2.24) is 14.8 Å². The normalized spacial score (nSPS) is 21.0. The second-order valence-corrected chi connectivity index (χ2v) is 9.70. The molecule has 1 amide bonds. The van der Waals surface area contributed by atoms with Crippen molar-refractivity contribution in [3.8, 4) is 0 Å². The van der Waals surface area contributed by atoms with Crippen LogP contribution in [0.4, 0.5) is 0 Å². The summed E-state index contributed by atoms with van der Waals surface area (Å²) in [6, 6.07) is 3.96. The molecule has 3 heterocycles. The second kappa shape index (κ2) is 9.48. The van der Waals surface area contributed by atoms with Crippen molar-refractivity contribution in [2.24, 2.45) is 0 Å². The average molecular weight is 428 g/mol. The van der Waals surface area contributed by atoms with Gasteiger partial charge in [0, 0.05) is 63.6 Å². The molecule has 2 saturated heterocycles. The van der Waals surface area contributed by atoms with E-state index in [0.29, 0.717) is 39.1 Å². The Morgan fingerprint density at radius 1 is 1.34 bits per heavy atom. The van der Waals surface area contributed by atoms with E-state index < -0.39 is 20.7 Å². The Hall–Kier alpha value is -1.59. The van der Waals surface area contributed by atoms with Gasteiger partial charge in [-0.3, -0.25) is 15.0 Å². The fourth-order valence-corrected chi connectivity index (χ4v) is 6.18. The van der Waals surface area contributed by atoms with Gasteiger partial charge in [0.05, 0.1) is 6.61 Å². The molecule has 3 rings (SSSR count). The number of hydrogen-bond donors (Lipinski definition) is 2. The highest BCUT2D eigenvalue weighted by Crippen LogP contribution is 2.36. The van der Waals surface area contributed by atoms with Crippen molar-refractivity contribution in [2.75, 3.05) is 32.9 Å². The number of sulfonamides is 1. The zero-order chi connectivity index (χ0) is 20.9. The van der Waals surface area contributed by atoms with Crippen LogP contribution < -0.4 is 5.48 Å². The summed E-state index contributed by atoms with van der Waals surface area (Å²) in [5, 5.41) is 9.14. The number of carbonyl (C=O) groups excluding carboxylic acids is 1. The molecule has 0 aromatic carbocycles. The van der Waals surface area contributed by atoms with Crippen LogP contribution >= 0.6 is 0 Å². The van der Waals surface area contributed by atoms with E-state index in [-0.39, 0.29) is 32.0 Å². The van der Waals surface area contributed by atoms with Gasteiger partial charge in [-0.1, -0.05) is 6.07 Å². The largest absolute Gasteiger partial charge is 0.381 e. The van der Waals surface area contributed by atoms with Crippen molar-refractivity contribution < 1.29 is 27.9 Å². The lowest BCUT2D eigenvalue weighted by Crippen LogP contribution is -2.60. The van der Waals surface area contributed by atoms with Crippen LogP contribution in [0.5, 0.6) is 0 Å². The summed E-state index contributed by atoms with van der Waals surface area (Å²) in [5.74, 6) is -0.714. The fourth-order valence-electron chi connectivity index (χ4n) is 4.03.